The van der Waals surface area contributed by atoms with E-state index in [4.69, 9.17) is 0 Å². The SMILES string of the molecule is CCn1cc(C(=O)O)c(=O)c2c(O)c(Sc3ccccn3)cc(O)c21. The van der Waals surface area contributed by atoms with Gasteiger partial charge >= 0.3 is 5.97 Å². The fraction of sp³-hybridized carbons (Fsp3) is 0.118. The smallest absolute Gasteiger partial charge is 0.341 e. The van der Waals surface area contributed by atoms with Crippen LogP contribution in [0, 0.1) is 0 Å². The van der Waals surface area contributed by atoms with Crippen LogP contribution in [0.1, 0.15) is 17.3 Å². The van der Waals surface area contributed by atoms with Crippen LogP contribution >= 0.6 is 11.8 Å². The second-order valence-electron chi connectivity index (χ2n) is 5.20. The Bertz CT molecular complexity index is 1030. The van der Waals surface area contributed by atoms with E-state index in [-0.39, 0.29) is 27.3 Å². The van der Waals surface area contributed by atoms with Crippen LogP contribution in [0.4, 0.5) is 0 Å². The van der Waals surface area contributed by atoms with E-state index < -0.39 is 17.0 Å². The van der Waals surface area contributed by atoms with E-state index in [1.54, 1.807) is 31.3 Å². The Labute approximate surface area is 146 Å². The van der Waals surface area contributed by atoms with Gasteiger partial charge in [-0.05, 0) is 25.1 Å². The number of aromatic hydroxyl groups is 2. The molecule has 1 aromatic carbocycles. The number of fused-ring (bicyclic) bond motifs is 1. The fourth-order valence-electron chi connectivity index (χ4n) is 2.54. The van der Waals surface area contributed by atoms with Crippen molar-refractivity contribution in [2.75, 3.05) is 0 Å². The zero-order valence-electron chi connectivity index (χ0n) is 13.1. The summed E-state index contributed by atoms with van der Waals surface area (Å²) >= 11 is 1.06. The molecule has 0 unspecified atom stereocenters. The first-order valence-corrected chi connectivity index (χ1v) is 8.20. The van der Waals surface area contributed by atoms with Crippen molar-refractivity contribution in [3.05, 3.63) is 52.4 Å². The largest absolute Gasteiger partial charge is 0.506 e. The number of hydrogen-bond acceptors (Lipinski definition) is 6. The number of benzene rings is 1. The molecule has 3 N–H and O–H groups in total. The summed E-state index contributed by atoms with van der Waals surface area (Å²) < 4.78 is 1.42. The molecule has 0 bridgehead atoms. The highest BCUT2D eigenvalue weighted by Crippen LogP contribution is 2.41. The van der Waals surface area contributed by atoms with Crippen molar-refractivity contribution in [2.24, 2.45) is 0 Å². The van der Waals surface area contributed by atoms with E-state index in [1.165, 1.54) is 10.6 Å². The van der Waals surface area contributed by atoms with Crippen LogP contribution in [0.15, 0.2) is 51.4 Å². The minimum atomic E-state index is -1.39. The maximum atomic E-state index is 12.5. The first kappa shape index (κ1) is 16.8. The van der Waals surface area contributed by atoms with E-state index in [1.807, 2.05) is 0 Å². The zero-order valence-corrected chi connectivity index (χ0v) is 13.9. The van der Waals surface area contributed by atoms with Gasteiger partial charge in [-0.2, -0.15) is 0 Å². The van der Waals surface area contributed by atoms with Gasteiger partial charge in [-0.3, -0.25) is 4.79 Å². The van der Waals surface area contributed by atoms with Gasteiger partial charge in [0.2, 0.25) is 5.43 Å². The number of carboxylic acid groups (broad SMARTS) is 1. The Morgan fingerprint density at radius 1 is 1.32 bits per heavy atom. The highest BCUT2D eigenvalue weighted by molar-refractivity contribution is 7.99. The van der Waals surface area contributed by atoms with Gasteiger partial charge < -0.3 is 19.9 Å². The topological polar surface area (TPSA) is 113 Å². The van der Waals surface area contributed by atoms with Crippen LogP contribution in [0.25, 0.3) is 10.9 Å². The lowest BCUT2D eigenvalue weighted by Gasteiger charge is -2.14. The van der Waals surface area contributed by atoms with Gasteiger partial charge in [-0.1, -0.05) is 17.8 Å². The van der Waals surface area contributed by atoms with Gasteiger partial charge in [0.15, 0.2) is 0 Å². The number of pyridine rings is 2. The molecule has 0 spiro atoms. The van der Waals surface area contributed by atoms with Gasteiger partial charge in [0.05, 0.1) is 15.8 Å². The van der Waals surface area contributed by atoms with E-state index >= 15 is 0 Å². The van der Waals surface area contributed by atoms with Crippen molar-refractivity contribution in [3.8, 4) is 11.5 Å². The number of phenols is 2. The number of aryl methyl sites for hydroxylation is 1. The minimum Gasteiger partial charge on any atom is -0.506 e. The van der Waals surface area contributed by atoms with Crippen LogP contribution < -0.4 is 5.43 Å². The molecule has 0 amide bonds. The summed E-state index contributed by atoms with van der Waals surface area (Å²) in [6.45, 7) is 2.05. The molecule has 0 saturated carbocycles. The number of aromatic nitrogens is 2. The Morgan fingerprint density at radius 3 is 2.68 bits per heavy atom. The first-order chi connectivity index (χ1) is 11.9. The van der Waals surface area contributed by atoms with Crippen LogP contribution in [0.3, 0.4) is 0 Å². The molecule has 8 heteroatoms. The average Bonchev–Trinajstić information content (AvgIpc) is 2.59. The third kappa shape index (κ3) is 2.91. The van der Waals surface area contributed by atoms with Crippen molar-refractivity contribution < 1.29 is 20.1 Å². The molecule has 7 nitrogen and oxygen atoms in total. The summed E-state index contributed by atoms with van der Waals surface area (Å²) in [5, 5.41) is 30.5. The number of nitrogens with zero attached hydrogens (tertiary/aromatic N) is 2. The van der Waals surface area contributed by atoms with Gasteiger partial charge in [0, 0.05) is 18.9 Å². The van der Waals surface area contributed by atoms with E-state index in [0.717, 1.165) is 18.0 Å². The maximum Gasteiger partial charge on any atom is 0.341 e. The normalized spacial score (nSPS) is 10.9. The Hall–Kier alpha value is -3.00. The number of aromatic carboxylic acids is 1. The third-order valence-corrected chi connectivity index (χ3v) is 4.67. The molecule has 0 aliphatic carbocycles. The van der Waals surface area contributed by atoms with Crippen molar-refractivity contribution in [1.82, 2.24) is 9.55 Å². The monoisotopic (exact) mass is 358 g/mol. The lowest BCUT2D eigenvalue weighted by atomic mass is 10.1. The molecule has 128 valence electrons. The van der Waals surface area contributed by atoms with Crippen LogP contribution in [-0.2, 0) is 6.54 Å². The molecule has 3 aromatic rings. The van der Waals surface area contributed by atoms with Gasteiger partial charge in [-0.25, -0.2) is 9.78 Å². The summed E-state index contributed by atoms with van der Waals surface area (Å²) in [7, 11) is 0. The molecule has 0 fully saturated rings. The Kier molecular flexibility index (Phi) is 4.37. The fourth-order valence-corrected chi connectivity index (χ4v) is 3.40. The second kappa shape index (κ2) is 6.48. The molecule has 0 saturated heterocycles. The number of phenolic OH excluding ortho intramolecular Hbond substituents is 2. The van der Waals surface area contributed by atoms with Crippen molar-refractivity contribution in [3.63, 3.8) is 0 Å². The van der Waals surface area contributed by atoms with Crippen LogP contribution in [0.2, 0.25) is 0 Å². The van der Waals surface area contributed by atoms with E-state index in [2.05, 4.69) is 4.98 Å². The summed E-state index contributed by atoms with van der Waals surface area (Å²) in [4.78, 5) is 28.2. The highest BCUT2D eigenvalue weighted by Gasteiger charge is 2.22. The van der Waals surface area contributed by atoms with Crippen molar-refractivity contribution in [1.29, 1.82) is 0 Å². The molecule has 0 atom stereocenters. The lowest BCUT2D eigenvalue weighted by molar-refractivity contribution is 0.0695. The Balaban J connectivity index is 2.33. The van der Waals surface area contributed by atoms with E-state index in [0.29, 0.717) is 11.6 Å². The molecule has 2 heterocycles. The summed E-state index contributed by atoms with van der Waals surface area (Å²) in [6, 6.07) is 6.55. The second-order valence-corrected chi connectivity index (χ2v) is 6.26. The predicted octanol–water partition coefficient (Wildman–Crippen LogP) is 2.68. The first-order valence-electron chi connectivity index (χ1n) is 7.38. The molecule has 25 heavy (non-hydrogen) atoms. The number of rotatable bonds is 4. The van der Waals surface area contributed by atoms with Crippen molar-refractivity contribution in [2.45, 2.75) is 23.4 Å². The molecule has 3 rings (SSSR count). The predicted molar refractivity (Wildman–Crippen MR) is 92.5 cm³/mol. The summed E-state index contributed by atoms with van der Waals surface area (Å²) in [6.07, 6.45) is 2.74. The molecule has 0 radical (unpaired) electrons. The molecular weight excluding hydrogens is 344 g/mol. The van der Waals surface area contributed by atoms with E-state index in [9.17, 15) is 24.9 Å². The van der Waals surface area contributed by atoms with Gasteiger partial charge in [0.1, 0.15) is 22.1 Å². The Morgan fingerprint density at radius 2 is 2.08 bits per heavy atom. The molecule has 2 aromatic heterocycles. The molecular formula is C17H14N2O5S. The lowest BCUT2D eigenvalue weighted by Crippen LogP contribution is -2.19. The zero-order chi connectivity index (χ0) is 18.1. The van der Waals surface area contributed by atoms with Gasteiger partial charge in [-0.15, -0.1) is 0 Å². The summed E-state index contributed by atoms with van der Waals surface area (Å²) in [5.74, 6) is -1.99. The van der Waals surface area contributed by atoms with Gasteiger partial charge in [0.25, 0.3) is 0 Å². The third-order valence-electron chi connectivity index (χ3n) is 3.68. The molecule has 0 aliphatic heterocycles. The standard InChI is InChI=1S/C17H14N2O5S/c1-2-19-8-9(17(23)24)15(21)13-14(19)10(20)7-11(16(13)22)25-12-5-3-4-6-18-12/h3-8,20,22H,2H2,1H3,(H,23,24). The van der Waals surface area contributed by atoms with Crippen LogP contribution in [0.5, 0.6) is 11.5 Å². The van der Waals surface area contributed by atoms with Crippen LogP contribution in [-0.4, -0.2) is 30.8 Å². The summed E-state index contributed by atoms with van der Waals surface area (Å²) in [5.41, 5.74) is -1.21. The molecule has 0 aliphatic rings. The number of carboxylic acids is 1. The highest BCUT2D eigenvalue weighted by atomic mass is 32.2. The average molecular weight is 358 g/mol. The minimum absolute atomic E-state index is 0.0976. The maximum absolute atomic E-state index is 12.5. The van der Waals surface area contributed by atoms with Crippen molar-refractivity contribution >= 4 is 28.6 Å². The number of hydrogen-bond donors (Lipinski definition) is 3. The quantitative estimate of drug-likeness (QED) is 0.615. The number of carbonyl (C=O) groups is 1.